The zero-order chi connectivity index (χ0) is 31.2. The van der Waals surface area contributed by atoms with Crippen LogP contribution in [-0.4, -0.2) is 99.0 Å². The molecule has 5 rings (SSSR count). The summed E-state index contributed by atoms with van der Waals surface area (Å²) in [4.78, 5) is 22.5. The van der Waals surface area contributed by atoms with Crippen molar-refractivity contribution in [3.05, 3.63) is 53.3 Å². The summed E-state index contributed by atoms with van der Waals surface area (Å²) in [7, 11) is -2.14. The van der Waals surface area contributed by atoms with Crippen molar-refractivity contribution < 1.29 is 22.7 Å². The summed E-state index contributed by atoms with van der Waals surface area (Å²) in [5.74, 6) is 0.627. The van der Waals surface area contributed by atoms with Crippen LogP contribution in [0.15, 0.2) is 41.6 Å². The standard InChI is InChI=1S/C34H50N4O5S/c1-27-22-31(42-3)23-28(2)33(27)44(40,41)38-19-5-4-11-30(38)25-43-26-32(39)37-20-13-34(14-21-37,29-10-8-15-35-24-29)12-9-18-36-16-6-7-17-36/h8,10,15,22-24,30H,4-7,9,11-14,16-21,25-26H2,1-3H3. The molecular formula is C34H50N4O5S. The van der Waals surface area contributed by atoms with Crippen molar-refractivity contribution in [3.63, 3.8) is 0 Å². The zero-order valence-electron chi connectivity index (χ0n) is 26.8. The molecule has 1 aromatic carbocycles. The third-order valence-electron chi connectivity index (χ3n) is 10.0. The van der Waals surface area contributed by atoms with Gasteiger partial charge in [-0.3, -0.25) is 9.78 Å². The molecule has 4 heterocycles. The van der Waals surface area contributed by atoms with Gasteiger partial charge in [0.1, 0.15) is 12.4 Å². The highest BCUT2D eigenvalue weighted by molar-refractivity contribution is 7.89. The number of aryl methyl sites for hydroxylation is 2. The Balaban J connectivity index is 1.16. The van der Waals surface area contributed by atoms with Gasteiger partial charge >= 0.3 is 0 Å². The van der Waals surface area contributed by atoms with Crippen LogP contribution in [0, 0.1) is 13.8 Å². The highest BCUT2D eigenvalue weighted by Crippen LogP contribution is 2.40. The van der Waals surface area contributed by atoms with E-state index >= 15 is 0 Å². The number of aromatic nitrogens is 1. The van der Waals surface area contributed by atoms with Crippen LogP contribution in [0.4, 0.5) is 0 Å². The van der Waals surface area contributed by atoms with Crippen LogP contribution in [-0.2, 0) is 25.0 Å². The zero-order valence-corrected chi connectivity index (χ0v) is 27.6. The van der Waals surface area contributed by atoms with E-state index in [1.165, 1.54) is 31.5 Å². The molecule has 1 atom stereocenters. The molecule has 1 unspecified atom stereocenters. The quantitative estimate of drug-likeness (QED) is 0.337. The molecular weight excluding hydrogens is 576 g/mol. The average Bonchev–Trinajstić information content (AvgIpc) is 3.55. The Hall–Kier alpha value is -2.53. The maximum atomic E-state index is 13.9. The summed E-state index contributed by atoms with van der Waals surface area (Å²) in [6.45, 7) is 9.22. The van der Waals surface area contributed by atoms with E-state index in [1.54, 1.807) is 23.5 Å². The van der Waals surface area contributed by atoms with Gasteiger partial charge in [-0.1, -0.05) is 12.5 Å². The van der Waals surface area contributed by atoms with E-state index in [4.69, 9.17) is 9.47 Å². The van der Waals surface area contributed by atoms with Crippen LogP contribution in [0.5, 0.6) is 5.75 Å². The van der Waals surface area contributed by atoms with Gasteiger partial charge in [-0.2, -0.15) is 4.31 Å². The van der Waals surface area contributed by atoms with E-state index < -0.39 is 10.0 Å². The van der Waals surface area contributed by atoms with Crippen LogP contribution in [0.25, 0.3) is 0 Å². The van der Waals surface area contributed by atoms with Crippen molar-refractivity contribution in [3.8, 4) is 5.75 Å². The summed E-state index contributed by atoms with van der Waals surface area (Å²) < 4.78 is 40.6. The van der Waals surface area contributed by atoms with E-state index in [-0.39, 0.29) is 30.6 Å². The van der Waals surface area contributed by atoms with Crippen LogP contribution in [0.3, 0.4) is 0 Å². The molecule has 10 heteroatoms. The van der Waals surface area contributed by atoms with E-state index in [2.05, 4.69) is 16.0 Å². The van der Waals surface area contributed by atoms with E-state index in [1.807, 2.05) is 37.2 Å². The number of sulfonamides is 1. The number of nitrogens with zero attached hydrogens (tertiary/aromatic N) is 4. The van der Waals surface area contributed by atoms with Gasteiger partial charge in [0.25, 0.3) is 0 Å². The molecule has 1 aromatic heterocycles. The molecule has 3 aliphatic rings. The van der Waals surface area contributed by atoms with Gasteiger partial charge in [-0.05, 0) is 120 Å². The number of pyridine rings is 1. The van der Waals surface area contributed by atoms with Gasteiger partial charge in [0.05, 0.1) is 18.6 Å². The minimum Gasteiger partial charge on any atom is -0.497 e. The predicted octanol–water partition coefficient (Wildman–Crippen LogP) is 4.70. The number of hydrogen-bond donors (Lipinski definition) is 0. The van der Waals surface area contributed by atoms with Crippen LogP contribution >= 0.6 is 0 Å². The summed E-state index contributed by atoms with van der Waals surface area (Å²) in [6.07, 6.45) is 13.0. The predicted molar refractivity (Wildman–Crippen MR) is 171 cm³/mol. The minimum absolute atomic E-state index is 0.0195. The molecule has 242 valence electrons. The minimum atomic E-state index is -3.73. The molecule has 0 spiro atoms. The summed E-state index contributed by atoms with van der Waals surface area (Å²) in [5, 5.41) is 0. The fourth-order valence-corrected chi connectivity index (χ4v) is 9.67. The second-order valence-electron chi connectivity index (χ2n) is 12.9. The summed E-state index contributed by atoms with van der Waals surface area (Å²) in [6, 6.07) is 7.46. The van der Waals surface area contributed by atoms with Crippen molar-refractivity contribution in [2.45, 2.75) is 88.0 Å². The van der Waals surface area contributed by atoms with Gasteiger partial charge in [-0.15, -0.1) is 0 Å². The number of rotatable bonds is 12. The lowest BCUT2D eigenvalue weighted by Gasteiger charge is -2.42. The van der Waals surface area contributed by atoms with E-state index in [0.29, 0.717) is 41.4 Å². The van der Waals surface area contributed by atoms with Crippen LogP contribution < -0.4 is 4.74 Å². The van der Waals surface area contributed by atoms with Crippen molar-refractivity contribution >= 4 is 15.9 Å². The maximum absolute atomic E-state index is 13.9. The molecule has 0 aliphatic carbocycles. The second-order valence-corrected chi connectivity index (χ2v) is 14.8. The van der Waals surface area contributed by atoms with Crippen molar-refractivity contribution in [1.29, 1.82) is 0 Å². The Morgan fingerprint density at radius 2 is 1.73 bits per heavy atom. The van der Waals surface area contributed by atoms with Crippen LogP contribution in [0.2, 0.25) is 0 Å². The Labute approximate surface area is 264 Å². The number of methoxy groups -OCH3 is 1. The third kappa shape index (κ3) is 7.46. The molecule has 9 nitrogen and oxygen atoms in total. The SMILES string of the molecule is COc1cc(C)c(S(=O)(=O)N2CCCCC2COCC(=O)N2CCC(CCCN3CCCC3)(c3cccnc3)CC2)c(C)c1. The maximum Gasteiger partial charge on any atom is 0.248 e. The van der Waals surface area contributed by atoms with Gasteiger partial charge in [-0.25, -0.2) is 8.42 Å². The monoisotopic (exact) mass is 626 g/mol. The number of benzene rings is 1. The third-order valence-corrected chi connectivity index (χ3v) is 12.3. The molecule has 0 N–H and O–H groups in total. The van der Waals surface area contributed by atoms with E-state index in [9.17, 15) is 13.2 Å². The van der Waals surface area contributed by atoms with E-state index in [0.717, 1.165) is 51.5 Å². The number of carbonyl (C=O) groups excluding carboxylic acids is 1. The number of piperidine rings is 2. The van der Waals surface area contributed by atoms with Crippen LogP contribution in [0.1, 0.15) is 74.5 Å². The number of carbonyl (C=O) groups is 1. The fourth-order valence-electron chi connectivity index (χ4n) is 7.57. The first-order valence-electron chi connectivity index (χ1n) is 16.4. The first-order chi connectivity index (χ1) is 21.2. The Bertz CT molecular complexity index is 1330. The molecule has 1 amide bonds. The molecule has 3 saturated heterocycles. The fraction of sp³-hybridized carbons (Fsp3) is 0.647. The largest absolute Gasteiger partial charge is 0.497 e. The van der Waals surface area contributed by atoms with Gasteiger partial charge in [0.2, 0.25) is 15.9 Å². The molecule has 3 fully saturated rings. The lowest BCUT2D eigenvalue weighted by atomic mass is 9.70. The summed E-state index contributed by atoms with van der Waals surface area (Å²) in [5.41, 5.74) is 2.67. The molecule has 3 aliphatic heterocycles. The molecule has 2 aromatic rings. The summed E-state index contributed by atoms with van der Waals surface area (Å²) >= 11 is 0. The van der Waals surface area contributed by atoms with Gasteiger partial charge in [0.15, 0.2) is 0 Å². The average molecular weight is 627 g/mol. The molecule has 0 bridgehead atoms. The second kappa shape index (κ2) is 14.7. The Kier molecular flexibility index (Phi) is 11.0. The number of ether oxygens (including phenoxy) is 2. The lowest BCUT2D eigenvalue weighted by molar-refractivity contribution is -0.138. The highest BCUT2D eigenvalue weighted by atomic mass is 32.2. The number of hydrogen-bond acceptors (Lipinski definition) is 7. The molecule has 44 heavy (non-hydrogen) atoms. The van der Waals surface area contributed by atoms with Crippen molar-refractivity contribution in [2.24, 2.45) is 0 Å². The van der Waals surface area contributed by atoms with Gasteiger partial charge < -0.3 is 19.3 Å². The smallest absolute Gasteiger partial charge is 0.248 e. The Morgan fingerprint density at radius 3 is 2.39 bits per heavy atom. The van der Waals surface area contributed by atoms with Crippen molar-refractivity contribution in [1.82, 2.24) is 19.1 Å². The first kappa shape index (κ1) is 32.9. The number of amides is 1. The van der Waals surface area contributed by atoms with Gasteiger partial charge in [0, 0.05) is 43.5 Å². The Morgan fingerprint density at radius 1 is 1.02 bits per heavy atom. The first-order valence-corrected chi connectivity index (χ1v) is 17.8. The highest BCUT2D eigenvalue weighted by Gasteiger charge is 2.38. The number of likely N-dealkylation sites (tertiary alicyclic amines) is 2. The normalized spacial score (nSPS) is 21.4. The molecule has 0 saturated carbocycles. The topological polar surface area (TPSA) is 92.3 Å². The van der Waals surface area contributed by atoms with Crippen molar-refractivity contribution in [2.75, 3.05) is 59.6 Å². The molecule has 0 radical (unpaired) electrons. The lowest BCUT2D eigenvalue weighted by Crippen LogP contribution is -2.48.